The van der Waals surface area contributed by atoms with Gasteiger partial charge in [-0.1, -0.05) is 44.5 Å². The van der Waals surface area contributed by atoms with Crippen LogP contribution in [0, 0.1) is 10.8 Å². The van der Waals surface area contributed by atoms with Gasteiger partial charge >= 0.3 is 6.03 Å². The van der Waals surface area contributed by atoms with E-state index in [9.17, 15) is 13.2 Å². The molecule has 3 rings (SSSR count). The normalized spacial score (nSPS) is 28.7. The van der Waals surface area contributed by atoms with Crippen molar-refractivity contribution in [2.75, 3.05) is 6.54 Å². The van der Waals surface area contributed by atoms with E-state index in [2.05, 4.69) is 25.5 Å². The van der Waals surface area contributed by atoms with Gasteiger partial charge in [0.15, 0.2) is 0 Å². The van der Waals surface area contributed by atoms with Crippen molar-refractivity contribution in [3.63, 3.8) is 0 Å². The number of benzene rings is 1. The number of hydrogen-bond donors (Lipinski definition) is 1. The minimum Gasteiger partial charge on any atom is -0.320 e. The number of carbonyl (C=O) groups is 1. The highest BCUT2D eigenvalue weighted by Gasteiger charge is 2.51. The average Bonchev–Trinajstić information content (AvgIpc) is 2.67. The van der Waals surface area contributed by atoms with Crippen LogP contribution >= 0.6 is 11.6 Å². The highest BCUT2D eigenvalue weighted by atomic mass is 35.5. The number of amides is 2. The molecule has 132 valence electrons. The fourth-order valence-corrected chi connectivity index (χ4v) is 6.07. The van der Waals surface area contributed by atoms with Crippen LogP contribution in [0.4, 0.5) is 4.79 Å². The number of halogens is 1. The van der Waals surface area contributed by atoms with E-state index in [0.717, 1.165) is 19.3 Å². The molecular formula is C17H23ClN2O3S. The van der Waals surface area contributed by atoms with Gasteiger partial charge in [-0.05, 0) is 42.2 Å². The third kappa shape index (κ3) is 3.26. The number of likely N-dealkylation sites (tertiary alicyclic amines) is 1. The predicted octanol–water partition coefficient (Wildman–Crippen LogP) is 3.64. The van der Waals surface area contributed by atoms with Crippen LogP contribution in [-0.2, 0) is 10.0 Å². The highest BCUT2D eigenvalue weighted by Crippen LogP contribution is 2.52. The number of rotatable bonds is 2. The Bertz CT molecular complexity index is 778. The molecule has 1 N–H and O–H groups in total. The van der Waals surface area contributed by atoms with Crippen molar-refractivity contribution in [2.24, 2.45) is 10.8 Å². The van der Waals surface area contributed by atoms with E-state index in [0.29, 0.717) is 6.54 Å². The molecule has 0 radical (unpaired) electrons. The molecule has 7 heteroatoms. The molecule has 2 bridgehead atoms. The summed E-state index contributed by atoms with van der Waals surface area (Å²) in [6.07, 6.45) is 2.86. The summed E-state index contributed by atoms with van der Waals surface area (Å²) in [6, 6.07) is 5.65. The van der Waals surface area contributed by atoms with E-state index < -0.39 is 16.1 Å². The van der Waals surface area contributed by atoms with Gasteiger partial charge in [0, 0.05) is 12.6 Å². The van der Waals surface area contributed by atoms with E-state index >= 15 is 0 Å². The molecule has 5 nitrogen and oxygen atoms in total. The smallest absolute Gasteiger partial charge is 0.320 e. The van der Waals surface area contributed by atoms with Crippen molar-refractivity contribution in [2.45, 2.75) is 51.0 Å². The van der Waals surface area contributed by atoms with Crippen molar-refractivity contribution < 1.29 is 13.2 Å². The van der Waals surface area contributed by atoms with Crippen LogP contribution in [-0.4, -0.2) is 31.9 Å². The first-order chi connectivity index (χ1) is 11.0. The molecule has 1 aromatic carbocycles. The molecule has 2 atom stereocenters. The molecule has 24 heavy (non-hydrogen) atoms. The first kappa shape index (κ1) is 17.5. The lowest BCUT2D eigenvalue weighted by Crippen LogP contribution is -2.45. The Morgan fingerprint density at radius 3 is 2.58 bits per heavy atom. The largest absolute Gasteiger partial charge is 0.331 e. The van der Waals surface area contributed by atoms with Crippen LogP contribution in [0.15, 0.2) is 29.2 Å². The Morgan fingerprint density at radius 2 is 1.92 bits per heavy atom. The monoisotopic (exact) mass is 370 g/mol. The zero-order chi connectivity index (χ0) is 17.8. The lowest BCUT2D eigenvalue weighted by molar-refractivity contribution is 0.129. The van der Waals surface area contributed by atoms with Gasteiger partial charge < -0.3 is 4.90 Å². The molecule has 1 aliphatic heterocycles. The second-order valence-corrected chi connectivity index (χ2v) is 10.2. The van der Waals surface area contributed by atoms with Gasteiger partial charge in [0.1, 0.15) is 4.90 Å². The molecule has 1 aliphatic carbocycles. The third-order valence-corrected chi connectivity index (χ3v) is 6.84. The molecule has 2 fully saturated rings. The summed E-state index contributed by atoms with van der Waals surface area (Å²) >= 11 is 5.96. The molecule has 2 unspecified atom stereocenters. The standard InChI is InChI=1S/C17H23ClN2O3S/c1-16(2)8-12-9-17(3,10-16)11-20(12)15(21)19-24(22,23)14-7-5-4-6-13(14)18/h4-7,12H,8-11H2,1-3H3,(H,19,21). The van der Waals surface area contributed by atoms with Crippen LogP contribution in [0.3, 0.4) is 0 Å². The molecule has 1 aromatic rings. The lowest BCUT2D eigenvalue weighted by Gasteiger charge is -2.39. The number of nitrogens with one attached hydrogen (secondary N) is 1. The summed E-state index contributed by atoms with van der Waals surface area (Å²) in [6.45, 7) is 7.18. The molecule has 1 heterocycles. The van der Waals surface area contributed by atoms with E-state index in [-0.39, 0.29) is 26.8 Å². The summed E-state index contributed by atoms with van der Waals surface area (Å²) in [7, 11) is -3.98. The van der Waals surface area contributed by atoms with Gasteiger partial charge in [-0.3, -0.25) is 0 Å². The second-order valence-electron chi connectivity index (χ2n) is 8.18. The predicted molar refractivity (Wildman–Crippen MR) is 93.4 cm³/mol. The van der Waals surface area contributed by atoms with Crippen LogP contribution in [0.1, 0.15) is 40.0 Å². The van der Waals surface area contributed by atoms with E-state index in [1.54, 1.807) is 17.0 Å². The second kappa shape index (κ2) is 5.63. The van der Waals surface area contributed by atoms with E-state index in [4.69, 9.17) is 11.6 Å². The number of carbonyl (C=O) groups excluding carboxylic acids is 1. The maximum Gasteiger partial charge on any atom is 0.331 e. The third-order valence-electron chi connectivity index (χ3n) is 5.02. The Kier molecular flexibility index (Phi) is 4.12. The zero-order valence-electron chi connectivity index (χ0n) is 14.2. The van der Waals surface area contributed by atoms with Crippen molar-refractivity contribution >= 4 is 27.7 Å². The average molecular weight is 371 g/mol. The number of nitrogens with zero attached hydrogens (tertiary/aromatic N) is 1. The number of hydrogen-bond acceptors (Lipinski definition) is 3. The van der Waals surface area contributed by atoms with E-state index in [1.165, 1.54) is 12.1 Å². The lowest BCUT2D eigenvalue weighted by atomic mass is 9.65. The molecular weight excluding hydrogens is 348 g/mol. The van der Waals surface area contributed by atoms with E-state index in [1.807, 2.05) is 0 Å². The topological polar surface area (TPSA) is 66.5 Å². The fraction of sp³-hybridized carbons (Fsp3) is 0.588. The van der Waals surface area contributed by atoms with Gasteiger partial charge in [-0.2, -0.15) is 0 Å². The van der Waals surface area contributed by atoms with Crippen LogP contribution in [0.5, 0.6) is 0 Å². The fourth-order valence-electron chi connectivity index (χ4n) is 4.59. The molecule has 1 saturated heterocycles. The molecule has 0 spiro atoms. The summed E-state index contributed by atoms with van der Waals surface area (Å²) in [5, 5.41) is 0.103. The van der Waals surface area contributed by atoms with Crippen molar-refractivity contribution in [3.05, 3.63) is 29.3 Å². The zero-order valence-corrected chi connectivity index (χ0v) is 15.7. The van der Waals surface area contributed by atoms with Crippen LogP contribution in [0.25, 0.3) is 0 Å². The molecule has 1 saturated carbocycles. The quantitative estimate of drug-likeness (QED) is 0.864. The van der Waals surface area contributed by atoms with Crippen LogP contribution < -0.4 is 4.72 Å². The summed E-state index contributed by atoms with van der Waals surface area (Å²) in [4.78, 5) is 14.2. The summed E-state index contributed by atoms with van der Waals surface area (Å²) in [5.74, 6) is 0. The van der Waals surface area contributed by atoms with Gasteiger partial charge in [-0.25, -0.2) is 17.9 Å². The Balaban J connectivity index is 1.80. The summed E-state index contributed by atoms with van der Waals surface area (Å²) < 4.78 is 27.1. The first-order valence-corrected chi connectivity index (χ1v) is 9.96. The maximum absolute atomic E-state index is 12.6. The molecule has 2 amide bonds. The van der Waals surface area contributed by atoms with Gasteiger partial charge in [-0.15, -0.1) is 0 Å². The van der Waals surface area contributed by atoms with Gasteiger partial charge in [0.05, 0.1) is 5.02 Å². The van der Waals surface area contributed by atoms with Crippen molar-refractivity contribution in [1.82, 2.24) is 9.62 Å². The molecule has 0 aromatic heterocycles. The number of fused-ring (bicyclic) bond motifs is 2. The Labute approximate surface area is 148 Å². The van der Waals surface area contributed by atoms with Gasteiger partial charge in [0.25, 0.3) is 10.0 Å². The molecule has 2 aliphatic rings. The SMILES string of the molecule is CC1(C)CC2CC(C)(CN2C(=O)NS(=O)(=O)c2ccccc2Cl)C1. The Morgan fingerprint density at radius 1 is 1.25 bits per heavy atom. The van der Waals surface area contributed by atoms with Gasteiger partial charge in [0.2, 0.25) is 0 Å². The van der Waals surface area contributed by atoms with Crippen molar-refractivity contribution in [3.8, 4) is 0 Å². The highest BCUT2D eigenvalue weighted by molar-refractivity contribution is 7.90. The maximum atomic E-state index is 12.6. The summed E-state index contributed by atoms with van der Waals surface area (Å²) in [5.41, 5.74) is 0.215. The minimum absolute atomic E-state index is 0.0535. The minimum atomic E-state index is -3.98. The number of urea groups is 1. The first-order valence-electron chi connectivity index (χ1n) is 8.09. The Hall–Kier alpha value is -1.27. The number of sulfonamides is 1. The van der Waals surface area contributed by atoms with Crippen LogP contribution in [0.2, 0.25) is 5.02 Å². The van der Waals surface area contributed by atoms with Crippen molar-refractivity contribution in [1.29, 1.82) is 0 Å².